The van der Waals surface area contributed by atoms with Gasteiger partial charge in [0.25, 0.3) is 10.1 Å². The summed E-state index contributed by atoms with van der Waals surface area (Å²) in [6, 6.07) is 0. The Kier molecular flexibility index (Phi) is 21.1. The molecule has 0 bridgehead atoms. The first kappa shape index (κ1) is 27.9. The van der Waals surface area contributed by atoms with Crippen LogP contribution in [0.25, 0.3) is 0 Å². The summed E-state index contributed by atoms with van der Waals surface area (Å²) in [5.41, 5.74) is 0. The van der Waals surface area contributed by atoms with Crippen molar-refractivity contribution in [3.63, 3.8) is 0 Å². The first-order valence-electron chi connectivity index (χ1n) is 5.39. The second-order valence-corrected chi connectivity index (χ2v) is 6.88. The molecule has 0 aliphatic rings. The summed E-state index contributed by atoms with van der Waals surface area (Å²) in [5, 5.41) is 0. The minimum absolute atomic E-state index is 0.132. The molecule has 11 heteroatoms. The first-order valence-corrected chi connectivity index (χ1v) is 8.40. The van der Waals surface area contributed by atoms with E-state index >= 15 is 0 Å². The molecule has 128 valence electrons. The molecule has 0 rings (SSSR count). The van der Waals surface area contributed by atoms with E-state index in [1.54, 1.807) is 6.92 Å². The molecule has 0 amide bonds. The van der Waals surface area contributed by atoms with Crippen LogP contribution in [0.2, 0.25) is 0 Å². The van der Waals surface area contributed by atoms with Gasteiger partial charge in [-0.05, 0) is 48.7 Å². The molecular weight excluding hydrogens is 312 g/mol. The Hall–Kier alpha value is -0.300. The van der Waals surface area contributed by atoms with E-state index in [0.717, 1.165) is 0 Å². The highest BCUT2D eigenvalue weighted by atomic mass is 32.3. The number of rotatable bonds is 2. The summed E-state index contributed by atoms with van der Waals surface area (Å²) in [6.07, 6.45) is 0.471. The maximum absolute atomic E-state index is 9.79. The Balaban J connectivity index is -0.0000000883. The fourth-order valence-electron chi connectivity index (χ4n) is 0.258. The van der Waals surface area contributed by atoms with Crippen molar-refractivity contribution >= 4 is 20.5 Å². The molecule has 0 aromatic rings. The number of hydrogen-bond donors (Lipinski definition) is 3. The van der Waals surface area contributed by atoms with Crippen LogP contribution in [0.5, 0.6) is 0 Å². The van der Waals surface area contributed by atoms with Crippen LogP contribution >= 0.6 is 0 Å². The third kappa shape index (κ3) is 361. The van der Waals surface area contributed by atoms with Crippen molar-refractivity contribution in [1.29, 1.82) is 0 Å². The lowest BCUT2D eigenvalue weighted by molar-refractivity contribution is 0.381. The Morgan fingerprint density at radius 1 is 0.750 bits per heavy atom. The lowest BCUT2D eigenvalue weighted by Crippen LogP contribution is -2.01. The van der Waals surface area contributed by atoms with Gasteiger partial charge in [0.15, 0.2) is 0 Å². The zero-order valence-corrected chi connectivity index (χ0v) is 14.7. The Morgan fingerprint density at radius 3 is 0.900 bits per heavy atom. The van der Waals surface area contributed by atoms with Gasteiger partial charge in [0.1, 0.15) is 0 Å². The predicted octanol–water partition coefficient (Wildman–Crippen LogP) is -0.0130. The van der Waals surface area contributed by atoms with Crippen molar-refractivity contribution in [2.45, 2.75) is 13.3 Å². The van der Waals surface area contributed by atoms with Crippen molar-refractivity contribution in [3.05, 3.63) is 0 Å². The minimum atomic E-state index is -4.67. The second-order valence-electron chi connectivity index (χ2n) is 4.42. The van der Waals surface area contributed by atoms with E-state index in [9.17, 15) is 8.42 Å². The maximum Gasteiger partial charge on any atom is 0.394 e. The maximum atomic E-state index is 9.79. The normalized spacial score (nSPS) is 10.6. The van der Waals surface area contributed by atoms with Gasteiger partial charge in [-0.3, -0.25) is 13.7 Å². The van der Waals surface area contributed by atoms with Gasteiger partial charge in [-0.1, -0.05) is 6.92 Å². The molecule has 0 saturated carbocycles. The highest BCUT2D eigenvalue weighted by molar-refractivity contribution is 7.85. The lowest BCUT2D eigenvalue weighted by atomic mass is 10.6. The van der Waals surface area contributed by atoms with Crippen LogP contribution in [-0.4, -0.2) is 88.3 Å². The van der Waals surface area contributed by atoms with Crippen LogP contribution in [0.15, 0.2) is 0 Å². The number of nitrogens with zero attached hydrogens (tertiary/aromatic N) is 2. The predicted molar refractivity (Wildman–Crippen MR) is 80.1 cm³/mol. The topological polar surface area (TPSA) is 135 Å². The van der Waals surface area contributed by atoms with E-state index in [-0.39, 0.29) is 5.75 Å². The molecule has 3 N–H and O–H groups in total. The standard InChI is InChI=1S/2C3H9N.C3H8O3S.H2O4S/c2*1-4(2)3;1-2-3-7(4,5)6;1-5(2,3)4/h2*1-3H3;2-3H2,1H3,(H,4,5,6);(H2,1,2,3,4). The molecular formula is C9H28N2O7S2. The Bertz CT molecular complexity index is 358. The largest absolute Gasteiger partial charge is 0.394 e. The summed E-state index contributed by atoms with van der Waals surface area (Å²) in [6.45, 7) is 1.69. The van der Waals surface area contributed by atoms with Crippen LogP contribution in [0, 0.1) is 0 Å². The fourth-order valence-corrected chi connectivity index (χ4v) is 0.774. The van der Waals surface area contributed by atoms with E-state index in [0.29, 0.717) is 6.42 Å². The summed E-state index contributed by atoms with van der Waals surface area (Å²) < 4.78 is 59.1. The van der Waals surface area contributed by atoms with Crippen LogP contribution < -0.4 is 0 Å². The fraction of sp³-hybridized carbons (Fsp3) is 1.00. The summed E-state index contributed by atoms with van der Waals surface area (Å²) in [5.74, 6) is -0.132. The van der Waals surface area contributed by atoms with Crippen LogP contribution in [0.4, 0.5) is 0 Å². The van der Waals surface area contributed by atoms with Gasteiger partial charge in [-0.2, -0.15) is 16.8 Å². The van der Waals surface area contributed by atoms with E-state index in [1.165, 1.54) is 0 Å². The van der Waals surface area contributed by atoms with Gasteiger partial charge in [0.05, 0.1) is 5.75 Å². The molecule has 0 heterocycles. The molecule has 0 aromatic carbocycles. The van der Waals surface area contributed by atoms with E-state index in [4.69, 9.17) is 22.1 Å². The lowest BCUT2D eigenvalue weighted by Gasteiger charge is -1.90. The number of hydrogen-bond acceptors (Lipinski definition) is 6. The Morgan fingerprint density at radius 2 is 0.900 bits per heavy atom. The molecule has 0 atom stereocenters. The summed E-state index contributed by atoms with van der Waals surface area (Å²) in [4.78, 5) is 4.00. The van der Waals surface area contributed by atoms with Crippen molar-refractivity contribution < 1.29 is 30.5 Å². The van der Waals surface area contributed by atoms with Gasteiger partial charge in [0, 0.05) is 0 Å². The highest BCUT2D eigenvalue weighted by Crippen LogP contribution is 1.83. The molecule has 0 radical (unpaired) electrons. The third-order valence-corrected chi connectivity index (χ3v) is 1.39. The molecule has 0 unspecified atom stereocenters. The van der Waals surface area contributed by atoms with E-state index < -0.39 is 20.5 Å². The molecule has 0 aliphatic heterocycles. The molecule has 0 aliphatic carbocycles. The van der Waals surface area contributed by atoms with Gasteiger partial charge in [-0.25, -0.2) is 0 Å². The quantitative estimate of drug-likeness (QED) is 0.593. The molecule has 0 fully saturated rings. The summed E-state index contributed by atoms with van der Waals surface area (Å²) >= 11 is 0. The smallest absolute Gasteiger partial charge is 0.312 e. The highest BCUT2D eigenvalue weighted by Gasteiger charge is 1.98. The van der Waals surface area contributed by atoms with Gasteiger partial charge < -0.3 is 9.80 Å². The molecule has 9 nitrogen and oxygen atoms in total. The van der Waals surface area contributed by atoms with Gasteiger partial charge in [0.2, 0.25) is 0 Å². The SMILES string of the molecule is CCCS(=O)(=O)O.CN(C)C.CN(C)C.O=S(=O)(O)O. The zero-order valence-electron chi connectivity index (χ0n) is 13.1. The van der Waals surface area contributed by atoms with Crippen LogP contribution in [-0.2, 0) is 20.5 Å². The van der Waals surface area contributed by atoms with E-state index in [1.807, 2.05) is 52.1 Å². The van der Waals surface area contributed by atoms with Crippen molar-refractivity contribution in [2.24, 2.45) is 0 Å². The average molecular weight is 340 g/mol. The Labute approximate surface area is 122 Å². The molecule has 0 aromatic heterocycles. The van der Waals surface area contributed by atoms with E-state index in [2.05, 4.69) is 0 Å². The monoisotopic (exact) mass is 340 g/mol. The van der Waals surface area contributed by atoms with Crippen molar-refractivity contribution in [1.82, 2.24) is 9.80 Å². The third-order valence-electron chi connectivity index (χ3n) is 0.462. The second kappa shape index (κ2) is 15.1. The average Bonchev–Trinajstić information content (AvgIpc) is 1.93. The van der Waals surface area contributed by atoms with Gasteiger partial charge in [-0.15, -0.1) is 0 Å². The van der Waals surface area contributed by atoms with Crippen molar-refractivity contribution in [2.75, 3.05) is 48.0 Å². The first-order chi connectivity index (χ1) is 8.52. The van der Waals surface area contributed by atoms with Crippen LogP contribution in [0.3, 0.4) is 0 Å². The molecule has 20 heavy (non-hydrogen) atoms. The minimum Gasteiger partial charge on any atom is -0.312 e. The molecule has 0 spiro atoms. The molecule has 0 saturated heterocycles. The van der Waals surface area contributed by atoms with Gasteiger partial charge >= 0.3 is 10.4 Å². The summed E-state index contributed by atoms with van der Waals surface area (Å²) in [7, 11) is 3.66. The zero-order chi connectivity index (χ0) is 17.6. The van der Waals surface area contributed by atoms with Crippen molar-refractivity contribution in [3.8, 4) is 0 Å². The van der Waals surface area contributed by atoms with Crippen LogP contribution in [0.1, 0.15) is 13.3 Å².